The van der Waals surface area contributed by atoms with Crippen molar-refractivity contribution in [3.05, 3.63) is 72.2 Å². The van der Waals surface area contributed by atoms with Crippen molar-refractivity contribution in [1.29, 1.82) is 0 Å². The lowest BCUT2D eigenvalue weighted by Gasteiger charge is -2.12. The lowest BCUT2D eigenvalue weighted by atomic mass is 10.2. The summed E-state index contributed by atoms with van der Waals surface area (Å²) in [6.07, 6.45) is 4.23. The van der Waals surface area contributed by atoms with Gasteiger partial charge in [0.25, 0.3) is 15.7 Å². The van der Waals surface area contributed by atoms with Gasteiger partial charge < -0.3 is 5.32 Å². The average molecular weight is 410 g/mol. The van der Waals surface area contributed by atoms with Crippen LogP contribution in [-0.2, 0) is 16.4 Å². The molecule has 1 N–H and O–H groups in total. The monoisotopic (exact) mass is 410 g/mol. The zero-order chi connectivity index (χ0) is 20.4. The molecule has 1 aromatic carbocycles. The second-order valence-electron chi connectivity index (χ2n) is 5.66. The first-order chi connectivity index (χ1) is 13.2. The molecule has 3 rings (SSSR count). The largest absolute Gasteiger partial charge is 0.503 e. The van der Waals surface area contributed by atoms with Crippen LogP contribution < -0.4 is 5.32 Å². The number of amides is 1. The summed E-state index contributed by atoms with van der Waals surface area (Å²) in [4.78, 5) is 15.7. The molecule has 0 saturated carbocycles. The molecule has 3 aromatic rings. The Hall–Kier alpha value is -3.21. The van der Waals surface area contributed by atoms with Crippen LogP contribution in [0, 0.1) is 0 Å². The second-order valence-corrected chi connectivity index (χ2v) is 7.52. The normalized spacial score (nSPS) is 12.0. The van der Waals surface area contributed by atoms with E-state index in [1.807, 2.05) is 0 Å². The summed E-state index contributed by atoms with van der Waals surface area (Å²) in [5.41, 5.74) is -5.21. The van der Waals surface area contributed by atoms with E-state index in [2.05, 4.69) is 15.4 Å². The van der Waals surface area contributed by atoms with Crippen LogP contribution in [0.25, 0.3) is 0 Å². The third kappa shape index (κ3) is 4.03. The van der Waals surface area contributed by atoms with Gasteiger partial charge in [-0.15, -0.1) is 0 Å². The summed E-state index contributed by atoms with van der Waals surface area (Å²) >= 11 is 0. The molecule has 0 aliphatic rings. The Kier molecular flexibility index (Phi) is 5.18. The molecule has 2 aromatic heterocycles. The van der Waals surface area contributed by atoms with Gasteiger partial charge in [0.2, 0.25) is 0 Å². The fraction of sp³-hybridized carbons (Fsp3) is 0.118. The maximum absolute atomic E-state index is 12.9. The lowest BCUT2D eigenvalue weighted by Crippen LogP contribution is -2.27. The highest BCUT2D eigenvalue weighted by atomic mass is 32.2. The van der Waals surface area contributed by atoms with E-state index in [0.29, 0.717) is 6.54 Å². The van der Waals surface area contributed by atoms with Crippen LogP contribution >= 0.6 is 0 Å². The number of nitrogens with zero attached hydrogens (tertiary/aromatic N) is 3. The molecule has 1 amide bonds. The van der Waals surface area contributed by atoms with Crippen molar-refractivity contribution in [1.82, 2.24) is 14.8 Å². The number of pyridine rings is 1. The molecule has 7 nitrogen and oxygen atoms in total. The van der Waals surface area contributed by atoms with Crippen LogP contribution in [0.15, 0.2) is 66.1 Å². The first kappa shape index (κ1) is 19.5. The molecule has 0 aliphatic heterocycles. The molecule has 0 fully saturated rings. The molecule has 28 heavy (non-hydrogen) atoms. The van der Waals surface area contributed by atoms with Crippen LogP contribution in [0.4, 0.5) is 18.9 Å². The van der Waals surface area contributed by atoms with E-state index < -0.39 is 31.8 Å². The number of hydrogen-bond donors (Lipinski definition) is 1. The van der Waals surface area contributed by atoms with Gasteiger partial charge in [0.1, 0.15) is 0 Å². The Bertz CT molecular complexity index is 1100. The summed E-state index contributed by atoms with van der Waals surface area (Å²) in [5.74, 6) is -1.02. The van der Waals surface area contributed by atoms with Crippen molar-refractivity contribution in [2.75, 3.05) is 5.32 Å². The molecule has 146 valence electrons. The summed E-state index contributed by atoms with van der Waals surface area (Å²) in [7, 11) is -5.77. The van der Waals surface area contributed by atoms with E-state index in [9.17, 15) is 26.4 Å². The van der Waals surface area contributed by atoms with Gasteiger partial charge in [0, 0.05) is 24.3 Å². The number of hydrogen-bond acceptors (Lipinski definition) is 5. The molecule has 0 saturated heterocycles. The van der Waals surface area contributed by atoms with E-state index in [-0.39, 0.29) is 5.69 Å². The topological polar surface area (TPSA) is 93.9 Å². The number of benzene rings is 1. The summed E-state index contributed by atoms with van der Waals surface area (Å²) in [6.45, 7) is 0.414. The standard InChI is InChI=1S/C17H13F3N4O3S/c18-17(19,20)28(26,27)16-14(6-2-7-21-16)15(25)23-13-5-1-4-12(10-13)11-24-9-3-8-22-24/h1-10H,11H2,(H,23,25). The third-order valence-electron chi connectivity index (χ3n) is 3.66. The molecular formula is C17H13F3N4O3S. The number of sulfone groups is 1. The number of nitrogens with one attached hydrogen (secondary N) is 1. The molecule has 2 heterocycles. The van der Waals surface area contributed by atoms with Gasteiger partial charge in [0.05, 0.1) is 12.1 Å². The predicted octanol–water partition coefficient (Wildman–Crippen LogP) is 2.87. The van der Waals surface area contributed by atoms with Gasteiger partial charge >= 0.3 is 5.51 Å². The van der Waals surface area contributed by atoms with Gasteiger partial charge in [0.15, 0.2) is 5.03 Å². The van der Waals surface area contributed by atoms with Gasteiger partial charge in [-0.1, -0.05) is 12.1 Å². The predicted molar refractivity (Wildman–Crippen MR) is 93.2 cm³/mol. The van der Waals surface area contributed by atoms with E-state index >= 15 is 0 Å². The van der Waals surface area contributed by atoms with Gasteiger partial charge in [-0.3, -0.25) is 9.48 Å². The molecule has 0 unspecified atom stereocenters. The summed E-state index contributed by atoms with van der Waals surface area (Å²) in [6, 6.07) is 10.4. The highest BCUT2D eigenvalue weighted by Gasteiger charge is 2.49. The van der Waals surface area contributed by atoms with Crippen LogP contribution in [0.2, 0.25) is 0 Å². The molecule has 0 bridgehead atoms. The van der Waals surface area contributed by atoms with Crippen molar-refractivity contribution in [3.63, 3.8) is 0 Å². The van der Waals surface area contributed by atoms with E-state index in [1.54, 1.807) is 41.3 Å². The Morgan fingerprint density at radius 3 is 2.57 bits per heavy atom. The third-order valence-corrected chi connectivity index (χ3v) is 5.11. The quantitative estimate of drug-likeness (QED) is 0.698. The van der Waals surface area contributed by atoms with Crippen molar-refractivity contribution in [2.45, 2.75) is 17.1 Å². The molecule has 11 heteroatoms. The van der Waals surface area contributed by atoms with Crippen molar-refractivity contribution in [2.24, 2.45) is 0 Å². The Morgan fingerprint density at radius 1 is 1.11 bits per heavy atom. The lowest BCUT2D eigenvalue weighted by molar-refractivity contribution is -0.0438. The fourth-order valence-electron chi connectivity index (χ4n) is 2.41. The number of carbonyl (C=O) groups excluding carboxylic acids is 1. The second kappa shape index (κ2) is 7.43. The van der Waals surface area contributed by atoms with Crippen molar-refractivity contribution < 1.29 is 26.4 Å². The minimum absolute atomic E-state index is 0.286. The van der Waals surface area contributed by atoms with Gasteiger partial charge in [-0.25, -0.2) is 13.4 Å². The van der Waals surface area contributed by atoms with Crippen molar-refractivity contribution in [3.8, 4) is 0 Å². The molecule has 0 radical (unpaired) electrons. The van der Waals surface area contributed by atoms with E-state index in [0.717, 1.165) is 17.8 Å². The van der Waals surface area contributed by atoms with E-state index in [1.165, 1.54) is 12.1 Å². The van der Waals surface area contributed by atoms with Gasteiger partial charge in [-0.05, 0) is 35.9 Å². The highest BCUT2D eigenvalue weighted by Crippen LogP contribution is 2.31. The molecule has 0 atom stereocenters. The number of carbonyl (C=O) groups is 1. The minimum Gasteiger partial charge on any atom is -0.322 e. The maximum Gasteiger partial charge on any atom is 0.503 e. The SMILES string of the molecule is O=C(Nc1cccc(Cn2cccn2)c1)c1cccnc1S(=O)(=O)C(F)(F)F. The maximum atomic E-state index is 12.9. The van der Waals surface area contributed by atoms with Gasteiger partial charge in [-0.2, -0.15) is 18.3 Å². The first-order valence-corrected chi connectivity index (χ1v) is 9.31. The van der Waals surface area contributed by atoms with Crippen LogP contribution in [0.5, 0.6) is 0 Å². The highest BCUT2D eigenvalue weighted by molar-refractivity contribution is 7.92. The zero-order valence-corrected chi connectivity index (χ0v) is 14.9. The van der Waals surface area contributed by atoms with Crippen molar-refractivity contribution >= 4 is 21.4 Å². The Balaban J connectivity index is 1.87. The van der Waals surface area contributed by atoms with Crippen LogP contribution in [0.3, 0.4) is 0 Å². The van der Waals surface area contributed by atoms with E-state index in [4.69, 9.17) is 0 Å². The summed E-state index contributed by atoms with van der Waals surface area (Å²) in [5, 5.41) is 5.12. The fourth-order valence-corrected chi connectivity index (χ4v) is 3.28. The summed E-state index contributed by atoms with van der Waals surface area (Å²) < 4.78 is 63.6. The smallest absolute Gasteiger partial charge is 0.322 e. The molecule has 0 aliphatic carbocycles. The van der Waals surface area contributed by atoms with Crippen LogP contribution in [0.1, 0.15) is 15.9 Å². The molecular weight excluding hydrogens is 397 g/mol. The average Bonchev–Trinajstić information content (AvgIpc) is 3.14. The van der Waals surface area contributed by atoms with Crippen LogP contribution in [-0.4, -0.2) is 34.6 Å². The first-order valence-electron chi connectivity index (χ1n) is 7.82. The Morgan fingerprint density at radius 2 is 1.89 bits per heavy atom. The number of alkyl halides is 3. The number of rotatable bonds is 5. The number of halogens is 3. The number of aromatic nitrogens is 3. The number of anilines is 1. The Labute approximate surface area is 157 Å². The minimum atomic E-state index is -5.77. The molecule has 0 spiro atoms. The zero-order valence-electron chi connectivity index (χ0n) is 14.1.